The lowest BCUT2D eigenvalue weighted by atomic mass is 9.79. The van der Waals surface area contributed by atoms with Gasteiger partial charge in [-0.25, -0.2) is 0 Å². The monoisotopic (exact) mass is 501 g/mol. The Hall–Kier alpha value is -2.41. The maximum absolute atomic E-state index is 13.4. The number of amides is 2. The fourth-order valence-electron chi connectivity index (χ4n) is 4.59. The van der Waals surface area contributed by atoms with Gasteiger partial charge in [0.15, 0.2) is 5.11 Å². The van der Waals surface area contributed by atoms with E-state index in [1.807, 2.05) is 6.92 Å². The van der Waals surface area contributed by atoms with Gasteiger partial charge in [-0.15, -0.1) is 0 Å². The largest absolute Gasteiger partial charge is 0.369 e. The van der Waals surface area contributed by atoms with Gasteiger partial charge in [-0.3, -0.25) is 19.8 Å². The molecular weight excluding hydrogens is 477 g/mol. The van der Waals surface area contributed by atoms with Crippen LogP contribution in [-0.2, 0) is 9.59 Å². The molecule has 0 bridgehead atoms. The quantitative estimate of drug-likeness (QED) is 0.318. The van der Waals surface area contributed by atoms with E-state index in [0.717, 1.165) is 17.5 Å². The highest BCUT2D eigenvalue weighted by Gasteiger charge is 2.37. The predicted octanol–water partition coefficient (Wildman–Crippen LogP) is 5.86. The van der Waals surface area contributed by atoms with Crippen LogP contribution in [0.2, 0.25) is 10.0 Å². The average Bonchev–Trinajstić information content (AvgIpc) is 2.72. The lowest BCUT2D eigenvalue weighted by Gasteiger charge is -2.45. The smallest absolute Gasteiger partial charge is 0.270 e. The maximum atomic E-state index is 13.4. The van der Waals surface area contributed by atoms with E-state index in [2.05, 4.69) is 50.2 Å². The second-order valence-corrected chi connectivity index (χ2v) is 10.4. The van der Waals surface area contributed by atoms with Crippen LogP contribution in [0.3, 0.4) is 0 Å². The number of halogens is 2. The molecule has 0 spiro atoms. The molecule has 1 atom stereocenters. The van der Waals surface area contributed by atoms with E-state index in [0.29, 0.717) is 16.6 Å². The summed E-state index contributed by atoms with van der Waals surface area (Å²) in [5, 5.41) is 3.05. The van der Waals surface area contributed by atoms with Crippen LogP contribution in [0, 0.1) is 6.92 Å². The number of rotatable bonds is 2. The molecule has 2 aliphatic rings. The van der Waals surface area contributed by atoms with Crippen molar-refractivity contribution in [3.63, 3.8) is 0 Å². The van der Waals surface area contributed by atoms with Gasteiger partial charge in [-0.1, -0.05) is 36.2 Å². The van der Waals surface area contributed by atoms with Gasteiger partial charge < -0.3 is 4.90 Å². The molecule has 8 heteroatoms. The zero-order valence-corrected chi connectivity index (χ0v) is 21.5. The van der Waals surface area contributed by atoms with Gasteiger partial charge in [0, 0.05) is 18.3 Å². The van der Waals surface area contributed by atoms with Crippen molar-refractivity contribution >= 4 is 69.8 Å². The molecule has 2 aromatic carbocycles. The molecule has 0 aliphatic carbocycles. The van der Waals surface area contributed by atoms with Crippen molar-refractivity contribution in [3.05, 3.63) is 62.6 Å². The number of aryl methyl sites for hydroxylation is 1. The Kier molecular flexibility index (Phi) is 6.06. The second-order valence-electron chi connectivity index (χ2n) is 9.28. The fourth-order valence-corrected chi connectivity index (χ4v) is 5.24. The molecule has 1 fully saturated rings. The van der Waals surface area contributed by atoms with E-state index in [4.69, 9.17) is 35.4 Å². The zero-order valence-electron chi connectivity index (χ0n) is 19.1. The third-order valence-electron chi connectivity index (χ3n) is 6.59. The van der Waals surface area contributed by atoms with E-state index >= 15 is 0 Å². The van der Waals surface area contributed by atoms with Crippen molar-refractivity contribution in [2.75, 3.05) is 16.8 Å². The van der Waals surface area contributed by atoms with Crippen molar-refractivity contribution in [3.8, 4) is 0 Å². The Morgan fingerprint density at radius 3 is 2.58 bits per heavy atom. The van der Waals surface area contributed by atoms with Crippen LogP contribution >= 0.6 is 35.4 Å². The van der Waals surface area contributed by atoms with Crippen molar-refractivity contribution in [1.82, 2.24) is 5.32 Å². The Morgan fingerprint density at radius 1 is 1.18 bits per heavy atom. The summed E-state index contributed by atoms with van der Waals surface area (Å²) in [4.78, 5) is 29.7. The minimum atomic E-state index is -0.545. The summed E-state index contributed by atoms with van der Waals surface area (Å²) in [6.45, 7) is 8.66. The summed E-state index contributed by atoms with van der Waals surface area (Å²) in [6, 6.07) is 9.14. The first kappa shape index (κ1) is 23.7. The van der Waals surface area contributed by atoms with Crippen molar-refractivity contribution in [2.24, 2.45) is 0 Å². The number of hydrogen-bond acceptors (Lipinski definition) is 4. The highest BCUT2D eigenvalue weighted by molar-refractivity contribution is 7.80. The zero-order chi connectivity index (χ0) is 24.2. The topological polar surface area (TPSA) is 52.7 Å². The summed E-state index contributed by atoms with van der Waals surface area (Å²) >= 11 is 17.8. The lowest BCUT2D eigenvalue weighted by Crippen LogP contribution is -2.54. The SMILES string of the molecule is Cc1cc2c(cc1/C=C1\C(=O)NC(=S)N(c3cccc(Cl)c3Cl)C1=O)C(C)CC(C)(C)N2C. The van der Waals surface area contributed by atoms with Crippen molar-refractivity contribution in [2.45, 2.75) is 45.6 Å². The molecule has 4 rings (SSSR count). The van der Waals surface area contributed by atoms with E-state index in [1.165, 1.54) is 16.2 Å². The number of fused-ring (bicyclic) bond motifs is 1. The molecule has 1 saturated heterocycles. The van der Waals surface area contributed by atoms with Crippen molar-refractivity contribution < 1.29 is 9.59 Å². The van der Waals surface area contributed by atoms with Gasteiger partial charge in [0.25, 0.3) is 11.8 Å². The maximum Gasteiger partial charge on any atom is 0.270 e. The average molecular weight is 502 g/mol. The molecule has 0 aromatic heterocycles. The number of nitrogens with one attached hydrogen (secondary N) is 1. The van der Waals surface area contributed by atoms with E-state index < -0.39 is 11.8 Å². The normalized spacial score (nSPS) is 21.4. The predicted molar refractivity (Wildman–Crippen MR) is 139 cm³/mol. The van der Waals surface area contributed by atoms with Crippen LogP contribution in [0.4, 0.5) is 11.4 Å². The molecule has 2 heterocycles. The van der Waals surface area contributed by atoms with Crippen LogP contribution in [0.1, 0.15) is 49.8 Å². The van der Waals surface area contributed by atoms with Gasteiger partial charge in [-0.2, -0.15) is 0 Å². The summed E-state index contributed by atoms with van der Waals surface area (Å²) in [7, 11) is 2.11. The number of thiocarbonyl (C=S) groups is 1. The van der Waals surface area contributed by atoms with Gasteiger partial charge >= 0.3 is 0 Å². The Balaban J connectivity index is 1.79. The van der Waals surface area contributed by atoms with Gasteiger partial charge in [0.1, 0.15) is 5.57 Å². The summed E-state index contributed by atoms with van der Waals surface area (Å²) in [5.74, 6) is -0.742. The Bertz CT molecular complexity index is 1240. The third kappa shape index (κ3) is 4.05. The summed E-state index contributed by atoms with van der Waals surface area (Å²) in [5.41, 5.74) is 4.51. The number of benzene rings is 2. The van der Waals surface area contributed by atoms with Crippen LogP contribution < -0.4 is 15.1 Å². The van der Waals surface area contributed by atoms with Crippen LogP contribution in [0.25, 0.3) is 6.08 Å². The van der Waals surface area contributed by atoms with Gasteiger partial charge in [-0.05, 0) is 92.4 Å². The van der Waals surface area contributed by atoms with Crippen molar-refractivity contribution in [1.29, 1.82) is 0 Å². The number of carbonyl (C=O) groups is 2. The van der Waals surface area contributed by atoms with Crippen LogP contribution in [0.15, 0.2) is 35.9 Å². The molecule has 5 nitrogen and oxygen atoms in total. The minimum Gasteiger partial charge on any atom is -0.369 e. The minimum absolute atomic E-state index is 0.0140. The highest BCUT2D eigenvalue weighted by Crippen LogP contribution is 2.44. The molecular formula is C25H25Cl2N3O2S. The summed E-state index contributed by atoms with van der Waals surface area (Å²) < 4.78 is 0. The number of hydrogen-bond donors (Lipinski definition) is 1. The molecule has 1 N–H and O–H groups in total. The van der Waals surface area contributed by atoms with E-state index in [-0.39, 0.29) is 21.2 Å². The number of anilines is 2. The van der Waals surface area contributed by atoms with Gasteiger partial charge in [0.2, 0.25) is 0 Å². The van der Waals surface area contributed by atoms with Gasteiger partial charge in [0.05, 0.1) is 15.7 Å². The molecule has 2 aliphatic heterocycles. The number of nitrogens with zero attached hydrogens (tertiary/aromatic N) is 2. The molecule has 1 unspecified atom stereocenters. The third-order valence-corrected chi connectivity index (χ3v) is 7.69. The lowest BCUT2D eigenvalue weighted by molar-refractivity contribution is -0.122. The highest BCUT2D eigenvalue weighted by atomic mass is 35.5. The first-order valence-electron chi connectivity index (χ1n) is 10.7. The molecule has 172 valence electrons. The first-order chi connectivity index (χ1) is 15.4. The molecule has 0 radical (unpaired) electrons. The standard InChI is InChI=1S/C25H25Cl2N3O2S/c1-13-9-20-16(14(2)12-25(3,4)29(20)5)10-15(13)11-17-22(31)28-24(33)30(23(17)32)19-8-6-7-18(26)21(19)27/h6-11,14H,12H2,1-5H3,(H,28,31,33)/b17-11+. The fraction of sp³-hybridized carbons (Fsp3) is 0.320. The number of carbonyl (C=O) groups excluding carboxylic acids is 2. The van der Waals surface area contributed by atoms with Crippen LogP contribution in [-0.4, -0.2) is 29.5 Å². The molecule has 33 heavy (non-hydrogen) atoms. The molecule has 2 amide bonds. The van der Waals surface area contributed by atoms with E-state index in [9.17, 15) is 9.59 Å². The Labute approximate surface area is 209 Å². The van der Waals surface area contributed by atoms with E-state index in [1.54, 1.807) is 24.3 Å². The molecule has 2 aromatic rings. The molecule has 0 saturated carbocycles. The second kappa shape index (κ2) is 8.42. The van der Waals surface area contributed by atoms with Crippen LogP contribution in [0.5, 0.6) is 0 Å². The Morgan fingerprint density at radius 2 is 1.88 bits per heavy atom. The first-order valence-corrected chi connectivity index (χ1v) is 11.8. The summed E-state index contributed by atoms with van der Waals surface area (Å²) in [6.07, 6.45) is 2.64.